The van der Waals surface area contributed by atoms with Gasteiger partial charge in [-0.15, -0.1) is 0 Å². The number of hydrogen-bond donors (Lipinski definition) is 0. The molecule has 0 radical (unpaired) electrons. The Morgan fingerprint density at radius 3 is 2.91 bits per heavy atom. The molecule has 8 nitrogen and oxygen atoms in total. The average molecular weight is 436 g/mol. The van der Waals surface area contributed by atoms with Crippen molar-refractivity contribution in [3.8, 4) is 17.0 Å². The first-order valence-electron chi connectivity index (χ1n) is 11.2. The molecule has 1 atom stereocenters. The lowest BCUT2D eigenvalue weighted by Crippen LogP contribution is -2.31. The van der Waals surface area contributed by atoms with Crippen molar-refractivity contribution in [2.45, 2.75) is 58.4 Å². The summed E-state index contributed by atoms with van der Waals surface area (Å²) in [7, 11) is 1.54. The Morgan fingerprint density at radius 2 is 2.16 bits per heavy atom. The van der Waals surface area contributed by atoms with Crippen LogP contribution in [0.15, 0.2) is 35.2 Å². The van der Waals surface area contributed by atoms with Crippen molar-refractivity contribution in [1.29, 1.82) is 0 Å². The SMILES string of the molecule is CCCc1ncc(-c2ccncc2C)c([C@H]2CCCN2C(=O)CCc2cc(OC)no2)n1. The van der Waals surface area contributed by atoms with Gasteiger partial charge in [0.15, 0.2) is 0 Å². The Balaban J connectivity index is 1.61. The van der Waals surface area contributed by atoms with Gasteiger partial charge in [-0.2, -0.15) is 0 Å². The van der Waals surface area contributed by atoms with Crippen molar-refractivity contribution < 1.29 is 14.1 Å². The highest BCUT2D eigenvalue weighted by Gasteiger charge is 2.33. The molecule has 0 spiro atoms. The van der Waals surface area contributed by atoms with Gasteiger partial charge in [-0.05, 0) is 48.5 Å². The van der Waals surface area contributed by atoms with Crippen molar-refractivity contribution in [1.82, 2.24) is 25.0 Å². The number of nitrogens with zero attached hydrogens (tertiary/aromatic N) is 5. The topological polar surface area (TPSA) is 94.2 Å². The summed E-state index contributed by atoms with van der Waals surface area (Å²) in [5.41, 5.74) is 4.04. The highest BCUT2D eigenvalue weighted by molar-refractivity contribution is 5.78. The lowest BCUT2D eigenvalue weighted by molar-refractivity contribution is -0.132. The zero-order valence-electron chi connectivity index (χ0n) is 18.9. The number of methoxy groups -OCH3 is 1. The van der Waals surface area contributed by atoms with E-state index in [0.717, 1.165) is 60.4 Å². The van der Waals surface area contributed by atoms with Gasteiger partial charge in [-0.1, -0.05) is 6.92 Å². The minimum absolute atomic E-state index is 0.0621. The van der Waals surface area contributed by atoms with E-state index in [2.05, 4.69) is 22.0 Å². The molecular weight excluding hydrogens is 406 g/mol. The molecule has 1 aliphatic heterocycles. The summed E-state index contributed by atoms with van der Waals surface area (Å²) in [6.45, 7) is 4.88. The zero-order chi connectivity index (χ0) is 22.5. The third-order valence-corrected chi connectivity index (χ3v) is 5.87. The van der Waals surface area contributed by atoms with E-state index in [4.69, 9.17) is 14.2 Å². The maximum Gasteiger partial charge on any atom is 0.254 e. The third kappa shape index (κ3) is 4.64. The highest BCUT2D eigenvalue weighted by Crippen LogP contribution is 2.37. The maximum absolute atomic E-state index is 13.2. The Hall–Kier alpha value is -3.29. The van der Waals surface area contributed by atoms with E-state index in [1.165, 1.54) is 7.11 Å². The molecule has 0 aliphatic carbocycles. The molecule has 168 valence electrons. The number of carbonyl (C=O) groups is 1. The Labute approximate surface area is 188 Å². The first-order chi connectivity index (χ1) is 15.6. The van der Waals surface area contributed by atoms with Gasteiger partial charge in [0, 0.05) is 56.0 Å². The van der Waals surface area contributed by atoms with Crippen LogP contribution in [-0.2, 0) is 17.6 Å². The van der Waals surface area contributed by atoms with Crippen LogP contribution in [0.25, 0.3) is 11.1 Å². The summed E-state index contributed by atoms with van der Waals surface area (Å²) in [6, 6.07) is 3.66. The minimum Gasteiger partial charge on any atom is -0.479 e. The molecule has 3 aromatic rings. The van der Waals surface area contributed by atoms with E-state index in [-0.39, 0.29) is 11.9 Å². The van der Waals surface area contributed by atoms with Crippen LogP contribution in [-0.4, -0.2) is 44.6 Å². The van der Waals surface area contributed by atoms with Crippen molar-refractivity contribution in [3.05, 3.63) is 53.6 Å². The van der Waals surface area contributed by atoms with Crippen molar-refractivity contribution in [3.63, 3.8) is 0 Å². The number of carbonyl (C=O) groups excluding carboxylic acids is 1. The largest absolute Gasteiger partial charge is 0.479 e. The van der Waals surface area contributed by atoms with Gasteiger partial charge >= 0.3 is 0 Å². The fourth-order valence-corrected chi connectivity index (χ4v) is 4.25. The second kappa shape index (κ2) is 9.89. The minimum atomic E-state index is -0.0621. The molecule has 1 amide bonds. The fraction of sp³-hybridized carbons (Fsp3) is 0.458. The first-order valence-corrected chi connectivity index (χ1v) is 11.2. The van der Waals surface area contributed by atoms with Gasteiger partial charge in [0.05, 0.1) is 18.8 Å². The number of aryl methyl sites for hydroxylation is 3. The predicted molar refractivity (Wildman–Crippen MR) is 119 cm³/mol. The van der Waals surface area contributed by atoms with Crippen molar-refractivity contribution in [2.24, 2.45) is 0 Å². The molecular formula is C24H29N5O3. The molecule has 0 unspecified atom stereocenters. The number of rotatable bonds is 8. The molecule has 1 fully saturated rings. The molecule has 0 aromatic carbocycles. The quantitative estimate of drug-likeness (QED) is 0.526. The van der Waals surface area contributed by atoms with Crippen LogP contribution >= 0.6 is 0 Å². The number of aromatic nitrogens is 4. The highest BCUT2D eigenvalue weighted by atomic mass is 16.5. The van der Waals surface area contributed by atoms with Crippen LogP contribution in [0.1, 0.15) is 61.5 Å². The molecule has 1 aliphatic rings. The summed E-state index contributed by atoms with van der Waals surface area (Å²) < 4.78 is 10.3. The number of likely N-dealkylation sites (tertiary alicyclic amines) is 1. The van der Waals surface area contributed by atoms with Crippen LogP contribution < -0.4 is 4.74 Å². The lowest BCUT2D eigenvalue weighted by Gasteiger charge is -2.26. The van der Waals surface area contributed by atoms with Crippen LogP contribution in [0.5, 0.6) is 5.88 Å². The van der Waals surface area contributed by atoms with Gasteiger partial charge in [-0.3, -0.25) is 9.78 Å². The van der Waals surface area contributed by atoms with Gasteiger partial charge in [0.1, 0.15) is 11.6 Å². The van der Waals surface area contributed by atoms with E-state index >= 15 is 0 Å². The van der Waals surface area contributed by atoms with Gasteiger partial charge < -0.3 is 14.2 Å². The molecule has 32 heavy (non-hydrogen) atoms. The zero-order valence-corrected chi connectivity index (χ0v) is 18.9. The summed E-state index contributed by atoms with van der Waals surface area (Å²) in [5.74, 6) is 1.99. The molecule has 1 saturated heterocycles. The molecule has 4 rings (SSSR count). The summed E-state index contributed by atoms with van der Waals surface area (Å²) in [6.07, 6.45) is 10.0. The Bertz CT molecular complexity index is 1080. The molecule has 0 bridgehead atoms. The molecule has 4 heterocycles. The van der Waals surface area contributed by atoms with Crippen LogP contribution in [0, 0.1) is 6.92 Å². The lowest BCUT2D eigenvalue weighted by atomic mass is 9.97. The Morgan fingerprint density at radius 1 is 1.28 bits per heavy atom. The standard InChI is InChI=1S/C24H29N5O3/c1-4-6-21-26-15-19(18-10-11-25-14-16(18)2)24(27-21)20-7-5-12-29(20)23(30)9-8-17-13-22(31-3)28-32-17/h10-11,13-15,20H,4-9,12H2,1-3H3/t20-/m1/s1. The number of pyridine rings is 1. The summed E-state index contributed by atoms with van der Waals surface area (Å²) in [4.78, 5) is 28.9. The van der Waals surface area contributed by atoms with Gasteiger partial charge in [-0.25, -0.2) is 9.97 Å². The van der Waals surface area contributed by atoms with E-state index in [1.54, 1.807) is 12.3 Å². The van der Waals surface area contributed by atoms with E-state index < -0.39 is 0 Å². The number of hydrogen-bond acceptors (Lipinski definition) is 7. The molecule has 0 saturated carbocycles. The van der Waals surface area contributed by atoms with Crippen LogP contribution in [0.4, 0.5) is 0 Å². The average Bonchev–Trinajstić information content (AvgIpc) is 3.48. The first kappa shape index (κ1) is 21.9. The van der Waals surface area contributed by atoms with E-state index in [9.17, 15) is 4.79 Å². The number of amides is 1. The summed E-state index contributed by atoms with van der Waals surface area (Å²) >= 11 is 0. The van der Waals surface area contributed by atoms with Crippen molar-refractivity contribution in [2.75, 3.05) is 13.7 Å². The van der Waals surface area contributed by atoms with E-state index in [0.29, 0.717) is 24.5 Å². The maximum atomic E-state index is 13.2. The second-order valence-corrected chi connectivity index (χ2v) is 8.11. The molecule has 0 N–H and O–H groups in total. The summed E-state index contributed by atoms with van der Waals surface area (Å²) in [5, 5.41) is 3.81. The number of ether oxygens (including phenoxy) is 1. The fourth-order valence-electron chi connectivity index (χ4n) is 4.25. The van der Waals surface area contributed by atoms with Gasteiger partial charge in [0.2, 0.25) is 5.91 Å². The second-order valence-electron chi connectivity index (χ2n) is 8.11. The molecule has 3 aromatic heterocycles. The van der Waals surface area contributed by atoms with Crippen LogP contribution in [0.2, 0.25) is 0 Å². The van der Waals surface area contributed by atoms with Crippen molar-refractivity contribution >= 4 is 5.91 Å². The molecule has 8 heteroatoms. The smallest absolute Gasteiger partial charge is 0.254 e. The van der Waals surface area contributed by atoms with Gasteiger partial charge in [0.25, 0.3) is 5.88 Å². The Kier molecular flexibility index (Phi) is 6.78. The third-order valence-electron chi connectivity index (χ3n) is 5.87. The van der Waals surface area contributed by atoms with E-state index in [1.807, 2.05) is 30.3 Å². The monoisotopic (exact) mass is 435 g/mol. The normalized spacial score (nSPS) is 15.8. The predicted octanol–water partition coefficient (Wildman–Crippen LogP) is 4.09. The van der Waals surface area contributed by atoms with Crippen LogP contribution in [0.3, 0.4) is 0 Å².